The van der Waals surface area contributed by atoms with E-state index in [0.29, 0.717) is 21.0 Å². The molecule has 0 spiro atoms. The molecule has 0 bridgehead atoms. The van der Waals surface area contributed by atoms with Gasteiger partial charge in [-0.3, -0.25) is 4.79 Å². The molecule has 1 aromatic heterocycles. The molecule has 0 saturated carbocycles. The molecular weight excluding hydrogens is 405 g/mol. The Kier molecular flexibility index (Phi) is 6.49. The van der Waals surface area contributed by atoms with Crippen molar-refractivity contribution < 1.29 is 4.79 Å². The zero-order valence-electron chi connectivity index (χ0n) is 14.3. The summed E-state index contributed by atoms with van der Waals surface area (Å²) in [6, 6.07) is 14.6. The largest absolute Gasteiger partial charge is 0.305 e. The summed E-state index contributed by atoms with van der Waals surface area (Å²) in [5.41, 5.74) is 4.06. The van der Waals surface area contributed by atoms with Crippen molar-refractivity contribution in [1.82, 2.24) is 20.2 Å². The van der Waals surface area contributed by atoms with E-state index >= 15 is 0 Å². The Morgan fingerprint density at radius 1 is 1.22 bits per heavy atom. The maximum absolute atomic E-state index is 12.0. The standard InChI is InChI=1S/C18H15Cl2N5OS/c1-25-17(12-6-4-7-14(19)9-12)23-24-18(25)27-11-16(26)22-21-10-13-5-2-3-8-15(13)20/h2-10H,11H2,1H3,(H,22,26)/b21-10-. The molecule has 3 aromatic rings. The van der Waals surface area contributed by atoms with Crippen LogP contribution in [0.1, 0.15) is 5.56 Å². The first-order valence-corrected chi connectivity index (χ1v) is 9.63. The molecule has 6 nitrogen and oxygen atoms in total. The van der Waals surface area contributed by atoms with Gasteiger partial charge in [-0.25, -0.2) is 5.43 Å². The fourth-order valence-corrected chi connectivity index (χ4v) is 3.31. The lowest BCUT2D eigenvalue weighted by Crippen LogP contribution is -2.19. The Bertz CT molecular complexity index is 989. The van der Waals surface area contributed by atoms with E-state index in [1.807, 2.05) is 48.0 Å². The van der Waals surface area contributed by atoms with Crippen molar-refractivity contribution in [3.8, 4) is 11.4 Å². The molecule has 3 rings (SSSR count). The van der Waals surface area contributed by atoms with Gasteiger partial charge in [0.05, 0.1) is 12.0 Å². The molecule has 0 radical (unpaired) electrons. The van der Waals surface area contributed by atoms with E-state index in [0.717, 1.165) is 11.1 Å². The number of rotatable bonds is 6. The van der Waals surface area contributed by atoms with E-state index in [9.17, 15) is 4.79 Å². The number of carbonyl (C=O) groups is 1. The third-order valence-corrected chi connectivity index (χ3v) is 5.15. The van der Waals surface area contributed by atoms with Crippen molar-refractivity contribution in [3.63, 3.8) is 0 Å². The van der Waals surface area contributed by atoms with Crippen molar-refractivity contribution in [1.29, 1.82) is 0 Å². The van der Waals surface area contributed by atoms with E-state index in [2.05, 4.69) is 20.7 Å². The summed E-state index contributed by atoms with van der Waals surface area (Å²) in [4.78, 5) is 12.0. The summed E-state index contributed by atoms with van der Waals surface area (Å²) in [7, 11) is 1.84. The molecule has 1 N–H and O–H groups in total. The van der Waals surface area contributed by atoms with Gasteiger partial charge in [-0.2, -0.15) is 5.10 Å². The topological polar surface area (TPSA) is 72.2 Å². The van der Waals surface area contributed by atoms with Gasteiger partial charge in [0, 0.05) is 28.2 Å². The van der Waals surface area contributed by atoms with Gasteiger partial charge in [0.1, 0.15) is 0 Å². The summed E-state index contributed by atoms with van der Waals surface area (Å²) in [6.45, 7) is 0. The number of hydrogen-bond donors (Lipinski definition) is 1. The number of nitrogens with zero attached hydrogens (tertiary/aromatic N) is 4. The Hall–Kier alpha value is -2.35. The lowest BCUT2D eigenvalue weighted by Gasteiger charge is -2.04. The molecule has 0 fully saturated rings. The SMILES string of the molecule is Cn1c(SCC(=O)N/N=C\c2ccccc2Cl)nnc1-c1cccc(Cl)c1. The molecule has 1 heterocycles. The second-order valence-corrected chi connectivity index (χ2v) is 7.27. The number of hydrogen-bond acceptors (Lipinski definition) is 5. The van der Waals surface area contributed by atoms with Crippen LogP contribution in [-0.4, -0.2) is 32.6 Å². The minimum Gasteiger partial charge on any atom is -0.305 e. The van der Waals surface area contributed by atoms with E-state index in [-0.39, 0.29) is 11.7 Å². The highest BCUT2D eigenvalue weighted by Crippen LogP contribution is 2.24. The number of halogens is 2. The molecular formula is C18H15Cl2N5OS. The van der Waals surface area contributed by atoms with Crippen LogP contribution in [0.25, 0.3) is 11.4 Å². The second-order valence-electron chi connectivity index (χ2n) is 5.48. The van der Waals surface area contributed by atoms with Crippen molar-refractivity contribution >= 4 is 47.1 Å². The Labute approximate surface area is 170 Å². The Morgan fingerprint density at radius 3 is 2.81 bits per heavy atom. The van der Waals surface area contributed by atoms with E-state index in [1.165, 1.54) is 18.0 Å². The number of carbonyl (C=O) groups excluding carboxylic acids is 1. The molecule has 138 valence electrons. The monoisotopic (exact) mass is 419 g/mol. The fraction of sp³-hybridized carbons (Fsp3) is 0.111. The normalized spacial score (nSPS) is 11.1. The third-order valence-electron chi connectivity index (χ3n) is 3.55. The molecule has 27 heavy (non-hydrogen) atoms. The van der Waals surface area contributed by atoms with Crippen LogP contribution in [0, 0.1) is 0 Å². The van der Waals surface area contributed by atoms with E-state index < -0.39 is 0 Å². The van der Waals surface area contributed by atoms with Crippen molar-refractivity contribution in [2.24, 2.45) is 12.1 Å². The average Bonchev–Trinajstić information content (AvgIpc) is 3.02. The van der Waals surface area contributed by atoms with Crippen LogP contribution in [-0.2, 0) is 11.8 Å². The van der Waals surface area contributed by atoms with Gasteiger partial charge in [-0.15, -0.1) is 10.2 Å². The van der Waals surface area contributed by atoms with Gasteiger partial charge in [0.2, 0.25) is 0 Å². The van der Waals surface area contributed by atoms with Crippen molar-refractivity contribution in [3.05, 3.63) is 64.1 Å². The van der Waals surface area contributed by atoms with Crippen molar-refractivity contribution in [2.45, 2.75) is 5.16 Å². The van der Waals surface area contributed by atoms with Gasteiger partial charge in [0.15, 0.2) is 11.0 Å². The molecule has 0 aliphatic carbocycles. The predicted molar refractivity (Wildman–Crippen MR) is 109 cm³/mol. The highest BCUT2D eigenvalue weighted by Gasteiger charge is 2.13. The highest BCUT2D eigenvalue weighted by molar-refractivity contribution is 7.99. The molecule has 0 aliphatic heterocycles. The molecule has 0 saturated heterocycles. The summed E-state index contributed by atoms with van der Waals surface area (Å²) in [5.74, 6) is 0.578. The number of aromatic nitrogens is 3. The van der Waals surface area contributed by atoms with Crippen LogP contribution in [0.5, 0.6) is 0 Å². The summed E-state index contributed by atoms with van der Waals surface area (Å²) in [6.07, 6.45) is 1.50. The van der Waals surface area contributed by atoms with Crippen LogP contribution >= 0.6 is 35.0 Å². The predicted octanol–water partition coefficient (Wildman–Crippen LogP) is 4.03. The maximum atomic E-state index is 12.0. The first-order chi connectivity index (χ1) is 13.0. The molecule has 0 aliphatic rings. The van der Waals surface area contributed by atoms with Crippen LogP contribution in [0.3, 0.4) is 0 Å². The highest BCUT2D eigenvalue weighted by atomic mass is 35.5. The van der Waals surface area contributed by atoms with E-state index in [1.54, 1.807) is 12.1 Å². The minimum atomic E-state index is -0.254. The minimum absolute atomic E-state index is 0.154. The summed E-state index contributed by atoms with van der Waals surface area (Å²) >= 11 is 13.3. The van der Waals surface area contributed by atoms with Gasteiger partial charge in [0.25, 0.3) is 5.91 Å². The lowest BCUT2D eigenvalue weighted by atomic mass is 10.2. The number of hydrazone groups is 1. The first-order valence-electron chi connectivity index (χ1n) is 7.89. The van der Waals surface area contributed by atoms with Gasteiger partial charge in [-0.1, -0.05) is 65.3 Å². The van der Waals surface area contributed by atoms with E-state index in [4.69, 9.17) is 23.2 Å². The van der Waals surface area contributed by atoms with Crippen LogP contribution in [0.2, 0.25) is 10.0 Å². The number of benzene rings is 2. The second kappa shape index (κ2) is 9.03. The molecule has 2 aromatic carbocycles. The number of amides is 1. The molecule has 9 heteroatoms. The van der Waals surface area contributed by atoms with Gasteiger partial charge >= 0.3 is 0 Å². The van der Waals surface area contributed by atoms with Crippen LogP contribution in [0.15, 0.2) is 58.8 Å². The first kappa shape index (κ1) is 19.4. The summed E-state index contributed by atoms with van der Waals surface area (Å²) < 4.78 is 1.82. The van der Waals surface area contributed by atoms with Gasteiger partial charge < -0.3 is 4.57 Å². The molecule has 0 unspecified atom stereocenters. The van der Waals surface area contributed by atoms with Crippen LogP contribution in [0.4, 0.5) is 0 Å². The van der Waals surface area contributed by atoms with Gasteiger partial charge in [-0.05, 0) is 18.2 Å². The third kappa shape index (κ3) is 5.09. The van der Waals surface area contributed by atoms with Crippen LogP contribution < -0.4 is 5.43 Å². The average molecular weight is 420 g/mol. The zero-order chi connectivity index (χ0) is 19.2. The summed E-state index contributed by atoms with van der Waals surface area (Å²) in [5, 5.41) is 14.0. The maximum Gasteiger partial charge on any atom is 0.250 e. The fourth-order valence-electron chi connectivity index (χ4n) is 2.24. The number of nitrogens with one attached hydrogen (secondary N) is 1. The lowest BCUT2D eigenvalue weighted by molar-refractivity contribution is -0.118. The zero-order valence-corrected chi connectivity index (χ0v) is 16.6. The Balaban J connectivity index is 1.57. The Morgan fingerprint density at radius 2 is 2.04 bits per heavy atom. The molecule has 1 amide bonds. The van der Waals surface area contributed by atoms with Crippen molar-refractivity contribution in [2.75, 3.05) is 5.75 Å². The molecule has 0 atom stereocenters. The smallest absolute Gasteiger partial charge is 0.250 e. The quantitative estimate of drug-likeness (QED) is 0.371. The number of thioether (sulfide) groups is 1.